The van der Waals surface area contributed by atoms with Gasteiger partial charge in [-0.25, -0.2) is 4.68 Å². The minimum atomic E-state index is -0.149. The van der Waals surface area contributed by atoms with Crippen LogP contribution in [0.15, 0.2) is 5.16 Å². The fraction of sp³-hybridized carbons (Fsp3) is 0.867. The first-order chi connectivity index (χ1) is 10.5. The van der Waals surface area contributed by atoms with Gasteiger partial charge in [-0.15, -0.1) is 5.10 Å². The first-order valence-electron chi connectivity index (χ1n) is 8.26. The number of likely N-dealkylation sites (tertiary alicyclic amines) is 1. The molecule has 22 heavy (non-hydrogen) atoms. The van der Waals surface area contributed by atoms with E-state index in [1.54, 1.807) is 4.68 Å². The molecule has 1 saturated heterocycles. The van der Waals surface area contributed by atoms with E-state index in [1.807, 2.05) is 6.92 Å². The van der Waals surface area contributed by atoms with E-state index in [-0.39, 0.29) is 11.2 Å². The van der Waals surface area contributed by atoms with Gasteiger partial charge in [0.25, 0.3) is 0 Å². The summed E-state index contributed by atoms with van der Waals surface area (Å²) < 4.78 is 1.80. The Bertz CT molecular complexity index is 490. The molecule has 0 spiro atoms. The molecule has 0 radical (unpaired) electrons. The summed E-state index contributed by atoms with van der Waals surface area (Å²) in [5.74, 6) is 0.691. The number of thioether (sulfide) groups is 1. The average molecular weight is 325 g/mol. The summed E-state index contributed by atoms with van der Waals surface area (Å²) in [5.41, 5.74) is 0. The van der Waals surface area contributed by atoms with Crippen molar-refractivity contribution < 1.29 is 4.79 Å². The quantitative estimate of drug-likeness (QED) is 0.752. The summed E-state index contributed by atoms with van der Waals surface area (Å²) in [6.45, 7) is 10.0. The normalized spacial score (nSPS) is 20.4. The number of amides is 1. The molecule has 0 saturated carbocycles. The molecule has 0 aliphatic carbocycles. The first kappa shape index (κ1) is 17.2. The Morgan fingerprint density at radius 3 is 2.82 bits per heavy atom. The van der Waals surface area contributed by atoms with E-state index in [0.717, 1.165) is 37.5 Å². The third kappa shape index (κ3) is 4.21. The molecule has 1 aliphatic heterocycles. The number of rotatable bonds is 6. The lowest BCUT2D eigenvalue weighted by atomic mass is 10.00. The summed E-state index contributed by atoms with van der Waals surface area (Å²) in [7, 11) is 0. The van der Waals surface area contributed by atoms with Crippen LogP contribution in [0.2, 0.25) is 0 Å². The molecule has 1 aromatic heterocycles. The van der Waals surface area contributed by atoms with Gasteiger partial charge in [-0.3, -0.25) is 4.79 Å². The lowest BCUT2D eigenvalue weighted by molar-refractivity contribution is -0.134. The van der Waals surface area contributed by atoms with E-state index in [9.17, 15) is 4.79 Å². The zero-order valence-electron chi connectivity index (χ0n) is 14.0. The molecule has 2 rings (SSSR count). The highest BCUT2D eigenvalue weighted by atomic mass is 32.2. The lowest BCUT2D eigenvalue weighted by Crippen LogP contribution is -2.46. The van der Waals surface area contributed by atoms with E-state index in [4.69, 9.17) is 0 Å². The SMILES string of the molecule is CCC1CCCCN1C(=O)C(C)Sc1nnnn1CC(C)C. The molecule has 2 unspecified atom stereocenters. The van der Waals surface area contributed by atoms with Gasteiger partial charge in [0.05, 0.1) is 5.25 Å². The van der Waals surface area contributed by atoms with Crippen LogP contribution in [0, 0.1) is 5.92 Å². The second-order valence-electron chi connectivity index (χ2n) is 6.39. The molecule has 6 nitrogen and oxygen atoms in total. The van der Waals surface area contributed by atoms with Crippen molar-refractivity contribution in [3.05, 3.63) is 0 Å². The number of nitrogens with zero attached hydrogens (tertiary/aromatic N) is 5. The van der Waals surface area contributed by atoms with Gasteiger partial charge < -0.3 is 4.90 Å². The van der Waals surface area contributed by atoms with E-state index in [2.05, 4.69) is 41.2 Å². The van der Waals surface area contributed by atoms with Gasteiger partial charge >= 0.3 is 0 Å². The largest absolute Gasteiger partial charge is 0.339 e. The van der Waals surface area contributed by atoms with Crippen LogP contribution >= 0.6 is 11.8 Å². The van der Waals surface area contributed by atoms with E-state index >= 15 is 0 Å². The van der Waals surface area contributed by atoms with Crippen LogP contribution in [-0.2, 0) is 11.3 Å². The first-order valence-corrected chi connectivity index (χ1v) is 9.14. The molecule has 1 fully saturated rings. The number of hydrogen-bond acceptors (Lipinski definition) is 5. The van der Waals surface area contributed by atoms with Crippen molar-refractivity contribution >= 4 is 17.7 Å². The van der Waals surface area contributed by atoms with Crippen molar-refractivity contribution in [2.45, 2.75) is 76.4 Å². The summed E-state index contributed by atoms with van der Waals surface area (Å²) in [6, 6.07) is 0.399. The fourth-order valence-corrected chi connectivity index (χ4v) is 3.77. The molecular weight excluding hydrogens is 298 g/mol. The third-order valence-corrected chi connectivity index (χ3v) is 5.11. The molecule has 0 aromatic carbocycles. The van der Waals surface area contributed by atoms with E-state index < -0.39 is 0 Å². The van der Waals surface area contributed by atoms with Crippen LogP contribution < -0.4 is 0 Å². The second kappa shape index (κ2) is 7.94. The Morgan fingerprint density at radius 1 is 1.36 bits per heavy atom. The average Bonchev–Trinajstić information content (AvgIpc) is 2.92. The Balaban J connectivity index is 2.00. The number of piperidine rings is 1. The second-order valence-corrected chi connectivity index (χ2v) is 7.69. The number of hydrogen-bond donors (Lipinski definition) is 0. The van der Waals surface area contributed by atoms with Gasteiger partial charge in [-0.1, -0.05) is 32.5 Å². The van der Waals surface area contributed by atoms with Crippen LogP contribution in [0.25, 0.3) is 0 Å². The van der Waals surface area contributed by atoms with Crippen LogP contribution in [0.5, 0.6) is 0 Å². The van der Waals surface area contributed by atoms with Crippen LogP contribution in [-0.4, -0.2) is 48.9 Å². The Kier molecular flexibility index (Phi) is 6.23. The molecule has 1 aromatic rings. The Hall–Kier alpha value is -1.11. The summed E-state index contributed by atoms with van der Waals surface area (Å²) >= 11 is 1.47. The predicted molar refractivity (Wildman–Crippen MR) is 87.6 cm³/mol. The molecular formula is C15H27N5OS. The highest BCUT2D eigenvalue weighted by Gasteiger charge is 2.30. The molecule has 1 amide bonds. The van der Waals surface area contributed by atoms with Crippen molar-refractivity contribution in [2.24, 2.45) is 5.92 Å². The van der Waals surface area contributed by atoms with Crippen LogP contribution in [0.4, 0.5) is 0 Å². The highest BCUT2D eigenvalue weighted by molar-refractivity contribution is 8.00. The monoisotopic (exact) mass is 325 g/mol. The maximum absolute atomic E-state index is 12.8. The van der Waals surface area contributed by atoms with Crippen molar-refractivity contribution in [2.75, 3.05) is 6.54 Å². The Labute approximate surface area is 137 Å². The smallest absolute Gasteiger partial charge is 0.236 e. The molecule has 1 aliphatic rings. The van der Waals surface area contributed by atoms with Gasteiger partial charge in [0.15, 0.2) is 0 Å². The number of carbonyl (C=O) groups excluding carboxylic acids is 1. The summed E-state index contributed by atoms with van der Waals surface area (Å²) in [5, 5.41) is 12.4. The number of tetrazole rings is 1. The Morgan fingerprint density at radius 2 is 2.14 bits per heavy atom. The van der Waals surface area contributed by atoms with E-state index in [0.29, 0.717) is 12.0 Å². The zero-order chi connectivity index (χ0) is 16.1. The van der Waals surface area contributed by atoms with Gasteiger partial charge in [0.2, 0.25) is 11.1 Å². The topological polar surface area (TPSA) is 63.9 Å². The minimum absolute atomic E-state index is 0.149. The molecule has 0 bridgehead atoms. The fourth-order valence-electron chi connectivity index (χ4n) is 2.90. The summed E-state index contributed by atoms with van der Waals surface area (Å²) in [6.07, 6.45) is 4.51. The van der Waals surface area contributed by atoms with Crippen LogP contribution in [0.3, 0.4) is 0 Å². The standard InChI is InChI=1S/C15H27N5OS/c1-5-13-8-6-7-9-19(13)14(21)12(4)22-15-16-17-18-20(15)10-11(2)3/h11-13H,5-10H2,1-4H3. The minimum Gasteiger partial charge on any atom is -0.339 e. The van der Waals surface area contributed by atoms with Crippen LogP contribution in [0.1, 0.15) is 53.4 Å². The molecule has 124 valence electrons. The number of carbonyl (C=O) groups is 1. The zero-order valence-corrected chi connectivity index (χ0v) is 14.8. The van der Waals surface area contributed by atoms with Gasteiger partial charge in [0, 0.05) is 19.1 Å². The predicted octanol–water partition coefficient (Wildman–Crippen LogP) is 2.60. The van der Waals surface area contributed by atoms with Crippen molar-refractivity contribution in [3.63, 3.8) is 0 Å². The van der Waals surface area contributed by atoms with Crippen molar-refractivity contribution in [3.8, 4) is 0 Å². The van der Waals surface area contributed by atoms with Gasteiger partial charge in [0.1, 0.15) is 0 Å². The molecule has 2 heterocycles. The maximum atomic E-state index is 12.8. The molecule has 2 atom stereocenters. The molecule has 0 N–H and O–H groups in total. The third-order valence-electron chi connectivity index (χ3n) is 4.05. The summed E-state index contributed by atoms with van der Waals surface area (Å²) in [4.78, 5) is 14.8. The number of aromatic nitrogens is 4. The lowest BCUT2D eigenvalue weighted by Gasteiger charge is -2.36. The highest BCUT2D eigenvalue weighted by Crippen LogP contribution is 2.26. The molecule has 7 heteroatoms. The van der Waals surface area contributed by atoms with Crippen molar-refractivity contribution in [1.29, 1.82) is 0 Å². The maximum Gasteiger partial charge on any atom is 0.236 e. The van der Waals surface area contributed by atoms with Gasteiger partial charge in [-0.2, -0.15) is 0 Å². The van der Waals surface area contributed by atoms with Crippen molar-refractivity contribution in [1.82, 2.24) is 25.1 Å². The van der Waals surface area contributed by atoms with E-state index in [1.165, 1.54) is 18.2 Å². The van der Waals surface area contributed by atoms with Gasteiger partial charge in [-0.05, 0) is 49.0 Å².